The van der Waals surface area contributed by atoms with Crippen LogP contribution in [-0.2, 0) is 9.53 Å². The number of carbonyl (C=O) groups is 3. The Morgan fingerprint density at radius 3 is 2.48 bits per heavy atom. The van der Waals surface area contributed by atoms with Crippen LogP contribution in [0.3, 0.4) is 0 Å². The summed E-state index contributed by atoms with van der Waals surface area (Å²) >= 11 is 1.35. The van der Waals surface area contributed by atoms with E-state index in [0.717, 1.165) is 25.7 Å². The van der Waals surface area contributed by atoms with Crippen LogP contribution in [0, 0.1) is 0 Å². The second-order valence-electron chi connectivity index (χ2n) is 6.00. The number of ether oxygens (including phenoxy) is 1. The summed E-state index contributed by atoms with van der Waals surface area (Å²) in [6.07, 6.45) is 4.29. The molecule has 0 fully saturated rings. The van der Waals surface area contributed by atoms with Crippen LogP contribution in [0.15, 0.2) is 41.8 Å². The average Bonchev–Trinajstić information content (AvgIpc) is 3.21. The van der Waals surface area contributed by atoms with E-state index in [0.29, 0.717) is 22.7 Å². The number of hydrogen-bond acceptors (Lipinski definition) is 5. The number of amides is 2. The fraction of sp³-hybridized carbons (Fsp3) is 0.350. The van der Waals surface area contributed by atoms with E-state index in [1.807, 2.05) is 5.38 Å². The van der Waals surface area contributed by atoms with E-state index in [4.69, 9.17) is 4.74 Å². The van der Waals surface area contributed by atoms with Crippen LogP contribution in [0.1, 0.15) is 52.6 Å². The van der Waals surface area contributed by atoms with Gasteiger partial charge in [-0.05, 0) is 42.1 Å². The van der Waals surface area contributed by atoms with E-state index in [1.54, 1.807) is 36.4 Å². The fourth-order valence-corrected chi connectivity index (χ4v) is 2.95. The molecule has 0 radical (unpaired) electrons. The Morgan fingerprint density at radius 2 is 1.81 bits per heavy atom. The molecule has 2 rings (SSSR count). The molecular formula is C20H24N2O4S. The van der Waals surface area contributed by atoms with E-state index in [1.165, 1.54) is 11.3 Å². The smallest absolute Gasteiger partial charge is 0.338 e. The third-order valence-corrected chi connectivity index (χ3v) is 4.68. The van der Waals surface area contributed by atoms with Crippen molar-refractivity contribution in [3.63, 3.8) is 0 Å². The Bertz CT molecular complexity index is 742. The lowest BCUT2D eigenvalue weighted by molar-refractivity contribution is -0.124. The zero-order valence-electron chi connectivity index (χ0n) is 15.3. The van der Waals surface area contributed by atoms with Gasteiger partial charge in [0.2, 0.25) is 0 Å². The summed E-state index contributed by atoms with van der Waals surface area (Å²) in [6.45, 7) is 2.42. The first-order chi connectivity index (χ1) is 13.1. The molecule has 0 aliphatic carbocycles. The maximum Gasteiger partial charge on any atom is 0.338 e. The van der Waals surface area contributed by atoms with Crippen LogP contribution in [0.4, 0.5) is 5.69 Å². The van der Waals surface area contributed by atoms with Crippen molar-refractivity contribution >= 4 is 34.8 Å². The Morgan fingerprint density at radius 1 is 1.04 bits per heavy atom. The van der Waals surface area contributed by atoms with Gasteiger partial charge < -0.3 is 15.4 Å². The number of esters is 1. The standard InChI is InChI=1S/C20H24N2O4S/c1-2-3-4-5-12-21-18(23)14-26-20(25)15-8-10-16(11-9-15)22-19(24)17-7-6-13-27-17/h6-11,13H,2-5,12,14H2,1H3,(H,21,23)(H,22,24). The Labute approximate surface area is 162 Å². The molecule has 0 atom stereocenters. The second-order valence-corrected chi connectivity index (χ2v) is 6.94. The van der Waals surface area contributed by atoms with Crippen LogP contribution in [0.2, 0.25) is 0 Å². The maximum atomic E-state index is 12.0. The van der Waals surface area contributed by atoms with E-state index >= 15 is 0 Å². The van der Waals surface area contributed by atoms with E-state index in [9.17, 15) is 14.4 Å². The third kappa shape index (κ3) is 7.22. The van der Waals surface area contributed by atoms with Gasteiger partial charge in [0.25, 0.3) is 11.8 Å². The fourth-order valence-electron chi connectivity index (χ4n) is 2.34. The van der Waals surface area contributed by atoms with Crippen LogP contribution in [-0.4, -0.2) is 30.9 Å². The molecule has 6 nitrogen and oxygen atoms in total. The molecule has 0 bridgehead atoms. The molecule has 1 aromatic carbocycles. The van der Waals surface area contributed by atoms with Crippen LogP contribution in [0.25, 0.3) is 0 Å². The van der Waals surface area contributed by atoms with Gasteiger partial charge in [-0.3, -0.25) is 9.59 Å². The van der Waals surface area contributed by atoms with E-state index < -0.39 is 5.97 Å². The third-order valence-electron chi connectivity index (χ3n) is 3.81. The highest BCUT2D eigenvalue weighted by Gasteiger charge is 2.11. The van der Waals surface area contributed by atoms with Crippen molar-refractivity contribution < 1.29 is 19.1 Å². The van der Waals surface area contributed by atoms with Crippen molar-refractivity contribution in [2.45, 2.75) is 32.6 Å². The number of benzene rings is 1. The molecule has 0 saturated heterocycles. The van der Waals surface area contributed by atoms with Crippen molar-refractivity contribution in [1.82, 2.24) is 5.32 Å². The van der Waals surface area contributed by atoms with Crippen molar-refractivity contribution in [3.05, 3.63) is 52.2 Å². The topological polar surface area (TPSA) is 84.5 Å². The number of nitrogens with one attached hydrogen (secondary N) is 2. The number of hydrogen-bond donors (Lipinski definition) is 2. The molecule has 27 heavy (non-hydrogen) atoms. The maximum absolute atomic E-state index is 12.0. The summed E-state index contributed by atoms with van der Waals surface area (Å²) in [5, 5.41) is 7.31. The molecule has 1 heterocycles. The molecule has 0 aliphatic rings. The van der Waals surface area contributed by atoms with E-state index in [-0.39, 0.29) is 18.4 Å². The predicted molar refractivity (Wildman–Crippen MR) is 106 cm³/mol. The first-order valence-corrected chi connectivity index (χ1v) is 9.87. The molecule has 1 aromatic heterocycles. The van der Waals surface area contributed by atoms with Gasteiger partial charge in [-0.2, -0.15) is 0 Å². The number of carbonyl (C=O) groups excluding carboxylic acids is 3. The van der Waals surface area contributed by atoms with Gasteiger partial charge in [0, 0.05) is 12.2 Å². The minimum Gasteiger partial charge on any atom is -0.452 e. The first kappa shape index (κ1) is 20.6. The molecule has 2 N–H and O–H groups in total. The molecule has 0 aliphatic heterocycles. The molecule has 0 saturated carbocycles. The van der Waals surface area contributed by atoms with Crippen molar-refractivity contribution in [1.29, 1.82) is 0 Å². The zero-order valence-corrected chi connectivity index (χ0v) is 16.1. The van der Waals surface area contributed by atoms with Gasteiger partial charge in [0.1, 0.15) is 0 Å². The van der Waals surface area contributed by atoms with Gasteiger partial charge >= 0.3 is 5.97 Å². The quantitative estimate of drug-likeness (QED) is 0.478. The highest BCUT2D eigenvalue weighted by atomic mass is 32.1. The zero-order chi connectivity index (χ0) is 19.5. The summed E-state index contributed by atoms with van der Waals surface area (Å²) in [5.41, 5.74) is 0.898. The van der Waals surface area contributed by atoms with Gasteiger partial charge in [0.05, 0.1) is 10.4 Å². The number of unbranched alkanes of at least 4 members (excludes halogenated alkanes) is 3. The molecule has 2 aromatic rings. The van der Waals surface area contributed by atoms with E-state index in [2.05, 4.69) is 17.6 Å². The number of rotatable bonds is 10. The second kappa shape index (κ2) is 11.1. The predicted octanol–water partition coefficient (Wildman–Crippen LogP) is 3.85. The Hall–Kier alpha value is -2.67. The lowest BCUT2D eigenvalue weighted by atomic mass is 10.2. The number of thiophene rings is 1. The van der Waals surface area contributed by atoms with Gasteiger partial charge in [-0.25, -0.2) is 4.79 Å². The minimum atomic E-state index is -0.577. The van der Waals surface area contributed by atoms with Crippen molar-refractivity contribution in [3.8, 4) is 0 Å². The Balaban J connectivity index is 1.73. The molecule has 144 valence electrons. The summed E-state index contributed by atoms with van der Waals surface area (Å²) in [5.74, 6) is -1.08. The number of anilines is 1. The summed E-state index contributed by atoms with van der Waals surface area (Å²) in [4.78, 5) is 36.3. The average molecular weight is 388 g/mol. The molecule has 0 spiro atoms. The summed E-state index contributed by atoms with van der Waals surface area (Å²) in [7, 11) is 0. The molecular weight excluding hydrogens is 364 g/mol. The normalized spacial score (nSPS) is 10.3. The monoisotopic (exact) mass is 388 g/mol. The van der Waals surface area contributed by atoms with Crippen LogP contribution < -0.4 is 10.6 Å². The van der Waals surface area contributed by atoms with Crippen LogP contribution in [0.5, 0.6) is 0 Å². The van der Waals surface area contributed by atoms with Gasteiger partial charge in [-0.15, -0.1) is 11.3 Å². The molecule has 0 unspecified atom stereocenters. The highest BCUT2D eigenvalue weighted by molar-refractivity contribution is 7.12. The minimum absolute atomic E-state index is 0.198. The summed E-state index contributed by atoms with van der Waals surface area (Å²) in [6, 6.07) is 9.89. The highest BCUT2D eigenvalue weighted by Crippen LogP contribution is 2.14. The lowest BCUT2D eigenvalue weighted by Crippen LogP contribution is -2.29. The van der Waals surface area contributed by atoms with Crippen molar-refractivity contribution in [2.75, 3.05) is 18.5 Å². The first-order valence-electron chi connectivity index (χ1n) is 8.99. The molecule has 7 heteroatoms. The lowest BCUT2D eigenvalue weighted by Gasteiger charge is -2.07. The molecule has 2 amide bonds. The summed E-state index contributed by atoms with van der Waals surface area (Å²) < 4.78 is 5.01. The van der Waals surface area contributed by atoms with Gasteiger partial charge in [0.15, 0.2) is 6.61 Å². The Kier molecular flexibility index (Phi) is 8.51. The largest absolute Gasteiger partial charge is 0.452 e. The van der Waals surface area contributed by atoms with Gasteiger partial charge in [-0.1, -0.05) is 32.3 Å². The van der Waals surface area contributed by atoms with Crippen LogP contribution >= 0.6 is 11.3 Å². The SMILES string of the molecule is CCCCCCNC(=O)COC(=O)c1ccc(NC(=O)c2cccs2)cc1. The van der Waals surface area contributed by atoms with Crippen molar-refractivity contribution in [2.24, 2.45) is 0 Å².